The Morgan fingerprint density at radius 1 is 1.13 bits per heavy atom. The maximum Gasteiger partial charge on any atom is 0.0636 e. The molecule has 76 valence electrons. The highest BCUT2D eigenvalue weighted by Gasteiger charge is 1.99. The molecule has 0 amide bonds. The molecule has 0 radical (unpaired) electrons. The highest BCUT2D eigenvalue weighted by atomic mass is 16.6. The molecular formula is C13H13NO. The van der Waals surface area contributed by atoms with Crippen molar-refractivity contribution < 1.29 is 4.84 Å². The van der Waals surface area contributed by atoms with E-state index < -0.39 is 0 Å². The molecule has 0 saturated carbocycles. The van der Waals surface area contributed by atoms with Crippen molar-refractivity contribution in [3.05, 3.63) is 54.6 Å². The molecule has 2 aromatic carbocycles. The molecule has 0 atom stereocenters. The van der Waals surface area contributed by atoms with Gasteiger partial charge in [0.05, 0.1) is 12.8 Å². The Kier molecular flexibility index (Phi) is 2.70. The predicted molar refractivity (Wildman–Crippen MR) is 63.1 cm³/mol. The van der Waals surface area contributed by atoms with Crippen LogP contribution in [0.2, 0.25) is 0 Å². The third-order valence-electron chi connectivity index (χ3n) is 2.32. The zero-order valence-corrected chi connectivity index (χ0v) is 8.66. The van der Waals surface area contributed by atoms with E-state index in [0.717, 1.165) is 11.3 Å². The summed E-state index contributed by atoms with van der Waals surface area (Å²) in [6, 6.07) is 14.4. The Morgan fingerprint density at radius 3 is 2.60 bits per heavy atom. The van der Waals surface area contributed by atoms with Gasteiger partial charge in [0.2, 0.25) is 0 Å². The molecule has 0 aliphatic carbocycles. The van der Waals surface area contributed by atoms with E-state index in [-0.39, 0.29) is 0 Å². The summed E-state index contributed by atoms with van der Waals surface area (Å²) >= 11 is 0. The van der Waals surface area contributed by atoms with Crippen molar-refractivity contribution in [2.45, 2.75) is 0 Å². The van der Waals surface area contributed by atoms with Gasteiger partial charge < -0.3 is 0 Å². The second-order valence-electron chi connectivity index (χ2n) is 3.35. The molecule has 2 rings (SSSR count). The first-order valence-electron chi connectivity index (χ1n) is 4.78. The molecule has 0 spiro atoms. The standard InChI is InChI=1S/C13H13NO/c1-10(14-15-2)12-8-7-11-5-3-4-6-13(11)9-12/h3-9,14H,1H2,2H3. The van der Waals surface area contributed by atoms with Crippen LogP contribution >= 0.6 is 0 Å². The van der Waals surface area contributed by atoms with Crippen LogP contribution in [0.5, 0.6) is 0 Å². The highest BCUT2D eigenvalue weighted by Crippen LogP contribution is 2.18. The fourth-order valence-corrected chi connectivity index (χ4v) is 1.56. The topological polar surface area (TPSA) is 21.3 Å². The second-order valence-corrected chi connectivity index (χ2v) is 3.35. The maximum absolute atomic E-state index is 4.82. The van der Waals surface area contributed by atoms with Gasteiger partial charge in [-0.25, -0.2) is 0 Å². The van der Waals surface area contributed by atoms with Gasteiger partial charge in [0.1, 0.15) is 0 Å². The fourth-order valence-electron chi connectivity index (χ4n) is 1.56. The first-order chi connectivity index (χ1) is 7.31. The molecule has 0 heterocycles. The van der Waals surface area contributed by atoms with Gasteiger partial charge in [-0.2, -0.15) is 0 Å². The molecule has 0 bridgehead atoms. The average molecular weight is 199 g/mol. The fraction of sp³-hybridized carbons (Fsp3) is 0.0769. The van der Waals surface area contributed by atoms with Gasteiger partial charge in [0.15, 0.2) is 0 Å². The molecule has 0 saturated heterocycles. The molecule has 0 aliphatic rings. The molecular weight excluding hydrogens is 186 g/mol. The number of fused-ring (bicyclic) bond motifs is 1. The van der Waals surface area contributed by atoms with Gasteiger partial charge in [-0.05, 0) is 22.4 Å². The van der Waals surface area contributed by atoms with Crippen molar-refractivity contribution in [1.29, 1.82) is 0 Å². The van der Waals surface area contributed by atoms with E-state index in [1.54, 1.807) is 7.11 Å². The largest absolute Gasteiger partial charge is 0.279 e. The molecule has 0 fully saturated rings. The molecule has 0 aromatic heterocycles. The van der Waals surface area contributed by atoms with Crippen molar-refractivity contribution in [3.8, 4) is 0 Å². The summed E-state index contributed by atoms with van der Waals surface area (Å²) in [5, 5.41) is 2.43. The molecule has 2 nitrogen and oxygen atoms in total. The number of hydrogen-bond acceptors (Lipinski definition) is 2. The molecule has 2 heteroatoms. The van der Waals surface area contributed by atoms with Crippen molar-refractivity contribution in [3.63, 3.8) is 0 Å². The predicted octanol–water partition coefficient (Wildman–Crippen LogP) is 2.96. The van der Waals surface area contributed by atoms with Gasteiger partial charge in [0, 0.05) is 0 Å². The number of benzene rings is 2. The molecule has 15 heavy (non-hydrogen) atoms. The third kappa shape index (κ3) is 2.00. The van der Waals surface area contributed by atoms with Crippen LogP contribution in [0.1, 0.15) is 5.56 Å². The van der Waals surface area contributed by atoms with Crippen LogP contribution in [-0.4, -0.2) is 7.11 Å². The zero-order chi connectivity index (χ0) is 10.7. The van der Waals surface area contributed by atoms with Gasteiger partial charge in [-0.15, -0.1) is 0 Å². The Labute approximate surface area is 89.1 Å². The van der Waals surface area contributed by atoms with E-state index in [1.807, 2.05) is 18.2 Å². The van der Waals surface area contributed by atoms with Gasteiger partial charge in [-0.1, -0.05) is 43.0 Å². The summed E-state index contributed by atoms with van der Waals surface area (Å²) in [7, 11) is 1.58. The van der Waals surface area contributed by atoms with Gasteiger partial charge >= 0.3 is 0 Å². The van der Waals surface area contributed by atoms with E-state index in [1.165, 1.54) is 10.8 Å². The minimum atomic E-state index is 0.767. The van der Waals surface area contributed by atoms with E-state index in [4.69, 9.17) is 4.84 Å². The maximum atomic E-state index is 4.82. The van der Waals surface area contributed by atoms with Crippen LogP contribution in [0.3, 0.4) is 0 Å². The lowest BCUT2D eigenvalue weighted by Crippen LogP contribution is -2.08. The lowest BCUT2D eigenvalue weighted by Gasteiger charge is -2.07. The van der Waals surface area contributed by atoms with E-state index in [0.29, 0.717) is 0 Å². The first kappa shape index (κ1) is 9.74. The Morgan fingerprint density at radius 2 is 1.87 bits per heavy atom. The van der Waals surface area contributed by atoms with Crippen molar-refractivity contribution >= 4 is 16.5 Å². The average Bonchev–Trinajstić information content (AvgIpc) is 2.29. The minimum Gasteiger partial charge on any atom is -0.279 e. The zero-order valence-electron chi connectivity index (χ0n) is 8.66. The third-order valence-corrected chi connectivity index (χ3v) is 2.32. The Hall–Kier alpha value is -1.80. The van der Waals surface area contributed by atoms with Crippen LogP contribution in [0.25, 0.3) is 16.5 Å². The van der Waals surface area contributed by atoms with Gasteiger partial charge in [-0.3, -0.25) is 10.3 Å². The quantitative estimate of drug-likeness (QED) is 0.767. The lowest BCUT2D eigenvalue weighted by molar-refractivity contribution is 0.137. The lowest BCUT2D eigenvalue weighted by atomic mass is 10.1. The number of hydrogen-bond donors (Lipinski definition) is 1. The Balaban J connectivity index is 2.42. The molecule has 1 N–H and O–H groups in total. The summed E-state index contributed by atoms with van der Waals surface area (Å²) in [6.07, 6.45) is 0. The SMILES string of the molecule is C=C(NOC)c1ccc2ccccc2c1. The van der Waals surface area contributed by atoms with Crippen LogP contribution in [-0.2, 0) is 4.84 Å². The number of hydroxylamine groups is 1. The van der Waals surface area contributed by atoms with E-state index in [9.17, 15) is 0 Å². The normalized spacial score (nSPS) is 10.2. The highest BCUT2D eigenvalue weighted by molar-refractivity contribution is 5.85. The summed E-state index contributed by atoms with van der Waals surface area (Å²) in [6.45, 7) is 3.89. The molecule has 2 aromatic rings. The second kappa shape index (κ2) is 4.15. The summed E-state index contributed by atoms with van der Waals surface area (Å²) < 4.78 is 0. The van der Waals surface area contributed by atoms with Crippen LogP contribution in [0.4, 0.5) is 0 Å². The van der Waals surface area contributed by atoms with Crippen LogP contribution < -0.4 is 5.48 Å². The summed E-state index contributed by atoms with van der Waals surface area (Å²) in [4.78, 5) is 4.82. The van der Waals surface area contributed by atoms with Crippen molar-refractivity contribution in [2.75, 3.05) is 7.11 Å². The molecule has 0 unspecified atom stereocenters. The summed E-state index contributed by atoms with van der Waals surface area (Å²) in [5.74, 6) is 0. The number of rotatable bonds is 3. The van der Waals surface area contributed by atoms with Crippen LogP contribution in [0.15, 0.2) is 49.0 Å². The Bertz CT molecular complexity index is 491. The summed E-state index contributed by atoms with van der Waals surface area (Å²) in [5.41, 5.74) is 4.54. The molecule has 0 aliphatic heterocycles. The first-order valence-corrected chi connectivity index (χ1v) is 4.78. The van der Waals surface area contributed by atoms with Crippen LogP contribution in [0, 0.1) is 0 Å². The minimum absolute atomic E-state index is 0.767. The smallest absolute Gasteiger partial charge is 0.0636 e. The number of nitrogens with one attached hydrogen (secondary N) is 1. The van der Waals surface area contributed by atoms with Gasteiger partial charge in [0.25, 0.3) is 0 Å². The monoisotopic (exact) mass is 199 g/mol. The van der Waals surface area contributed by atoms with E-state index in [2.05, 4.69) is 36.3 Å². The van der Waals surface area contributed by atoms with E-state index >= 15 is 0 Å². The van der Waals surface area contributed by atoms with Crippen molar-refractivity contribution in [1.82, 2.24) is 5.48 Å². The van der Waals surface area contributed by atoms with Crippen molar-refractivity contribution in [2.24, 2.45) is 0 Å².